The second-order valence-electron chi connectivity index (χ2n) is 4.74. The molecule has 5 nitrogen and oxygen atoms in total. The quantitative estimate of drug-likeness (QED) is 0.298. The molecule has 0 saturated heterocycles. The summed E-state index contributed by atoms with van der Waals surface area (Å²) in [4.78, 5) is 29.6. The highest BCUT2D eigenvalue weighted by Gasteiger charge is 2.30. The number of carbonyl (C=O) groups excluding carboxylic acids is 2. The van der Waals surface area contributed by atoms with Crippen molar-refractivity contribution in [3.63, 3.8) is 0 Å². The zero-order chi connectivity index (χ0) is 18.1. The summed E-state index contributed by atoms with van der Waals surface area (Å²) in [6, 6.07) is 3.41. The molecule has 24 heavy (non-hydrogen) atoms. The Labute approximate surface area is 151 Å². The van der Waals surface area contributed by atoms with Gasteiger partial charge in [0.15, 0.2) is 5.57 Å². The number of rotatable bonds is 8. The van der Waals surface area contributed by atoms with Crippen molar-refractivity contribution in [3.8, 4) is 0 Å². The molecule has 0 aromatic carbocycles. The standard InChI is InChI=1S/C17H22ClNO4S/c1-5-12(13-10-11(18)8-9-19-13)15(24-4)14(16(20)22-6-2)17(21)23-7-3/h8-10,12H,5-7H2,1-4H3. The number of ether oxygens (including phenoxy) is 2. The lowest BCUT2D eigenvalue weighted by atomic mass is 9.97. The van der Waals surface area contributed by atoms with Gasteiger partial charge in [-0.05, 0) is 38.7 Å². The van der Waals surface area contributed by atoms with Gasteiger partial charge in [-0.25, -0.2) is 9.59 Å². The molecule has 0 saturated carbocycles. The summed E-state index contributed by atoms with van der Waals surface area (Å²) in [6.45, 7) is 5.69. The van der Waals surface area contributed by atoms with Gasteiger partial charge in [0.1, 0.15) is 0 Å². The molecule has 0 N–H and O–H groups in total. The molecule has 1 aromatic heterocycles. The van der Waals surface area contributed by atoms with E-state index in [4.69, 9.17) is 21.1 Å². The molecule has 0 amide bonds. The number of hydrogen-bond acceptors (Lipinski definition) is 6. The molecule has 1 heterocycles. The van der Waals surface area contributed by atoms with Crippen LogP contribution in [0.1, 0.15) is 38.8 Å². The number of hydrogen-bond donors (Lipinski definition) is 0. The van der Waals surface area contributed by atoms with E-state index in [9.17, 15) is 9.59 Å². The summed E-state index contributed by atoms with van der Waals surface area (Å²) in [5.41, 5.74) is 0.625. The fourth-order valence-corrected chi connectivity index (χ4v) is 3.36. The van der Waals surface area contributed by atoms with Crippen molar-refractivity contribution in [2.75, 3.05) is 19.5 Å². The average Bonchev–Trinajstić information content (AvgIpc) is 2.55. The topological polar surface area (TPSA) is 65.5 Å². The van der Waals surface area contributed by atoms with Crippen molar-refractivity contribution >= 4 is 35.3 Å². The minimum atomic E-state index is -0.680. The van der Waals surface area contributed by atoms with Gasteiger partial charge in [0, 0.05) is 27.7 Å². The first-order valence-corrected chi connectivity index (χ1v) is 9.34. The second kappa shape index (κ2) is 10.4. The largest absolute Gasteiger partial charge is 0.462 e. The highest BCUT2D eigenvalue weighted by Crippen LogP contribution is 2.37. The molecule has 0 radical (unpaired) electrons. The highest BCUT2D eigenvalue weighted by atomic mass is 35.5. The highest BCUT2D eigenvalue weighted by molar-refractivity contribution is 8.02. The zero-order valence-corrected chi connectivity index (χ0v) is 15.9. The van der Waals surface area contributed by atoms with E-state index in [1.165, 1.54) is 11.8 Å². The molecule has 0 aliphatic rings. The van der Waals surface area contributed by atoms with Crippen LogP contribution in [0.25, 0.3) is 0 Å². The van der Waals surface area contributed by atoms with Crippen LogP contribution in [0, 0.1) is 0 Å². The lowest BCUT2D eigenvalue weighted by molar-refractivity contribution is -0.146. The van der Waals surface area contributed by atoms with Crippen LogP contribution in [0.4, 0.5) is 0 Å². The Morgan fingerprint density at radius 1 is 1.21 bits per heavy atom. The van der Waals surface area contributed by atoms with Crippen LogP contribution < -0.4 is 0 Å². The Kier molecular flexibility index (Phi) is 8.85. The molecule has 0 spiro atoms. The normalized spacial score (nSPS) is 11.5. The summed E-state index contributed by atoms with van der Waals surface area (Å²) in [5.74, 6) is -1.61. The SMILES string of the molecule is CCOC(=O)C(C(=O)OCC)=C(SC)C(CC)c1cc(Cl)ccn1. The predicted octanol–water partition coefficient (Wildman–Crippen LogP) is 3.97. The van der Waals surface area contributed by atoms with Crippen molar-refractivity contribution in [1.82, 2.24) is 4.98 Å². The van der Waals surface area contributed by atoms with Gasteiger partial charge >= 0.3 is 11.9 Å². The Bertz CT molecular complexity index is 598. The average molecular weight is 372 g/mol. The van der Waals surface area contributed by atoms with Crippen molar-refractivity contribution < 1.29 is 19.1 Å². The molecule has 0 bridgehead atoms. The van der Waals surface area contributed by atoms with Crippen LogP contribution >= 0.6 is 23.4 Å². The first kappa shape index (κ1) is 20.5. The number of thioether (sulfide) groups is 1. The number of carbonyl (C=O) groups is 2. The fourth-order valence-electron chi connectivity index (χ4n) is 2.25. The zero-order valence-electron chi connectivity index (χ0n) is 14.3. The van der Waals surface area contributed by atoms with E-state index in [0.717, 1.165) is 0 Å². The number of esters is 2. The van der Waals surface area contributed by atoms with Gasteiger partial charge < -0.3 is 9.47 Å². The maximum Gasteiger partial charge on any atom is 0.346 e. The lowest BCUT2D eigenvalue weighted by Crippen LogP contribution is -2.22. The summed E-state index contributed by atoms with van der Waals surface area (Å²) < 4.78 is 10.1. The van der Waals surface area contributed by atoms with Crippen LogP contribution in [0.3, 0.4) is 0 Å². The summed E-state index contributed by atoms with van der Waals surface area (Å²) in [7, 11) is 0. The summed E-state index contributed by atoms with van der Waals surface area (Å²) in [6.07, 6.45) is 4.06. The minimum Gasteiger partial charge on any atom is -0.462 e. The van der Waals surface area contributed by atoms with Crippen LogP contribution in [-0.4, -0.2) is 36.4 Å². The van der Waals surface area contributed by atoms with Crippen LogP contribution in [-0.2, 0) is 19.1 Å². The third-order valence-electron chi connectivity index (χ3n) is 3.25. The van der Waals surface area contributed by atoms with Crippen LogP contribution in [0.15, 0.2) is 28.8 Å². The second-order valence-corrected chi connectivity index (χ2v) is 6.03. The van der Waals surface area contributed by atoms with Gasteiger partial charge in [0.2, 0.25) is 0 Å². The first-order chi connectivity index (χ1) is 11.5. The van der Waals surface area contributed by atoms with Gasteiger partial charge in [-0.2, -0.15) is 0 Å². The molecule has 1 atom stereocenters. The monoisotopic (exact) mass is 371 g/mol. The minimum absolute atomic E-state index is 0.0696. The van der Waals surface area contributed by atoms with Crippen molar-refractivity contribution in [2.24, 2.45) is 0 Å². The molecule has 0 aliphatic carbocycles. The first-order valence-electron chi connectivity index (χ1n) is 7.73. The van der Waals surface area contributed by atoms with E-state index in [-0.39, 0.29) is 24.7 Å². The predicted molar refractivity (Wildman–Crippen MR) is 96.1 cm³/mol. The smallest absolute Gasteiger partial charge is 0.346 e. The molecular formula is C17H22ClNO4S. The third kappa shape index (κ3) is 5.24. The summed E-state index contributed by atoms with van der Waals surface area (Å²) in [5, 5.41) is 0.549. The van der Waals surface area contributed by atoms with Crippen molar-refractivity contribution in [3.05, 3.63) is 39.5 Å². The van der Waals surface area contributed by atoms with Gasteiger partial charge in [-0.1, -0.05) is 18.5 Å². The van der Waals surface area contributed by atoms with E-state index >= 15 is 0 Å². The number of nitrogens with zero attached hydrogens (tertiary/aromatic N) is 1. The number of halogens is 1. The maximum atomic E-state index is 12.3. The van der Waals surface area contributed by atoms with Gasteiger partial charge in [0.05, 0.1) is 13.2 Å². The Morgan fingerprint density at radius 3 is 2.21 bits per heavy atom. The van der Waals surface area contributed by atoms with E-state index in [0.29, 0.717) is 22.0 Å². The van der Waals surface area contributed by atoms with Crippen molar-refractivity contribution in [1.29, 1.82) is 0 Å². The molecule has 0 aliphatic heterocycles. The molecule has 1 aromatic rings. The third-order valence-corrected chi connectivity index (χ3v) is 4.41. The molecule has 1 rings (SSSR count). The van der Waals surface area contributed by atoms with Gasteiger partial charge in [-0.3, -0.25) is 4.98 Å². The lowest BCUT2D eigenvalue weighted by Gasteiger charge is -2.20. The number of pyridine rings is 1. The van der Waals surface area contributed by atoms with E-state index in [1.54, 1.807) is 38.4 Å². The fraction of sp³-hybridized carbons (Fsp3) is 0.471. The van der Waals surface area contributed by atoms with E-state index in [2.05, 4.69) is 4.98 Å². The number of aromatic nitrogens is 1. The van der Waals surface area contributed by atoms with Crippen molar-refractivity contribution in [2.45, 2.75) is 33.1 Å². The van der Waals surface area contributed by atoms with Crippen LogP contribution in [0.5, 0.6) is 0 Å². The summed E-state index contributed by atoms with van der Waals surface area (Å²) >= 11 is 7.37. The Morgan fingerprint density at radius 2 is 1.79 bits per heavy atom. The van der Waals surface area contributed by atoms with Gasteiger partial charge in [0.25, 0.3) is 0 Å². The Hall–Kier alpha value is -1.53. The van der Waals surface area contributed by atoms with Gasteiger partial charge in [-0.15, -0.1) is 11.8 Å². The Balaban J connectivity index is 3.46. The maximum absolute atomic E-state index is 12.3. The van der Waals surface area contributed by atoms with Crippen LogP contribution in [0.2, 0.25) is 5.02 Å². The molecule has 1 unspecified atom stereocenters. The number of allylic oxidation sites excluding steroid dienone is 1. The van der Waals surface area contributed by atoms with E-state index in [1.807, 2.05) is 6.92 Å². The molecule has 132 valence electrons. The van der Waals surface area contributed by atoms with E-state index < -0.39 is 11.9 Å². The molecular weight excluding hydrogens is 350 g/mol. The molecule has 0 fully saturated rings. The molecule has 7 heteroatoms.